The molecule has 0 fully saturated rings. The molecule has 0 atom stereocenters. The third-order valence-corrected chi connectivity index (χ3v) is 2.50. The van der Waals surface area contributed by atoms with Crippen molar-refractivity contribution in [3.63, 3.8) is 0 Å². The van der Waals surface area contributed by atoms with Crippen molar-refractivity contribution in [1.82, 2.24) is 5.32 Å². The molecule has 3 rings (SSSR count). The highest BCUT2D eigenvalue weighted by molar-refractivity contribution is 5.89. The van der Waals surface area contributed by atoms with Gasteiger partial charge in [-0.25, -0.2) is 4.79 Å². The maximum Gasteiger partial charge on any atom is 0.338 e. The molecule has 0 unspecified atom stereocenters. The second kappa shape index (κ2) is 8.88. The van der Waals surface area contributed by atoms with E-state index in [1.165, 1.54) is 11.1 Å². The average Bonchev–Trinajstić information content (AvgIpc) is 2.45. The van der Waals surface area contributed by atoms with E-state index < -0.39 is 0 Å². The van der Waals surface area contributed by atoms with Crippen LogP contribution in [0.2, 0.25) is 0 Å². The Morgan fingerprint density at radius 2 is 1.40 bits per heavy atom. The number of ether oxygens (including phenoxy) is 1. The molecule has 0 radical (unpaired) electrons. The molecular formula is C17H21NO2. The third-order valence-electron chi connectivity index (χ3n) is 2.50. The predicted octanol–water partition coefficient (Wildman–Crippen LogP) is 3.37. The lowest BCUT2D eigenvalue weighted by Gasteiger charge is -2.10. The fourth-order valence-corrected chi connectivity index (χ4v) is 1.45. The number of carbonyl (C=O) groups is 1. The van der Waals surface area contributed by atoms with Crippen LogP contribution in [0, 0.1) is 0 Å². The molecule has 0 bridgehead atoms. The van der Waals surface area contributed by atoms with E-state index in [1.807, 2.05) is 32.3 Å². The van der Waals surface area contributed by atoms with E-state index in [4.69, 9.17) is 4.74 Å². The van der Waals surface area contributed by atoms with Gasteiger partial charge in [0.25, 0.3) is 0 Å². The highest BCUT2D eigenvalue weighted by Crippen LogP contribution is 2.29. The third kappa shape index (κ3) is 4.86. The lowest BCUT2D eigenvalue weighted by Crippen LogP contribution is -2.03. The number of carbonyl (C=O) groups excluding carboxylic acids is 1. The lowest BCUT2D eigenvalue weighted by atomic mass is 9.95. The van der Waals surface area contributed by atoms with E-state index in [2.05, 4.69) is 29.6 Å². The molecule has 106 valence electrons. The average molecular weight is 271 g/mol. The summed E-state index contributed by atoms with van der Waals surface area (Å²) in [6, 6.07) is 17.4. The second-order valence-electron chi connectivity index (χ2n) is 4.16. The Labute approximate surface area is 120 Å². The van der Waals surface area contributed by atoms with Gasteiger partial charge < -0.3 is 10.1 Å². The minimum atomic E-state index is -0.256. The van der Waals surface area contributed by atoms with E-state index in [-0.39, 0.29) is 5.97 Å². The summed E-state index contributed by atoms with van der Waals surface area (Å²) in [5, 5.41) is 2.75. The molecule has 3 heteroatoms. The second-order valence-corrected chi connectivity index (χ2v) is 4.16. The van der Waals surface area contributed by atoms with Gasteiger partial charge in [0.15, 0.2) is 0 Å². The van der Waals surface area contributed by atoms with Gasteiger partial charge in [0.1, 0.15) is 0 Å². The maximum atomic E-state index is 11.0. The van der Waals surface area contributed by atoms with Gasteiger partial charge in [0, 0.05) is 0 Å². The zero-order chi connectivity index (χ0) is 14.8. The Hall–Kier alpha value is -2.13. The monoisotopic (exact) mass is 271 g/mol. The van der Waals surface area contributed by atoms with E-state index in [0.29, 0.717) is 12.2 Å². The smallest absolute Gasteiger partial charge is 0.338 e. The molecule has 3 nitrogen and oxygen atoms in total. The molecule has 2 aliphatic rings. The van der Waals surface area contributed by atoms with Crippen LogP contribution in [0.25, 0.3) is 11.1 Å². The Morgan fingerprint density at radius 1 is 0.950 bits per heavy atom. The van der Waals surface area contributed by atoms with Crippen molar-refractivity contribution >= 4 is 5.97 Å². The molecule has 0 aliphatic heterocycles. The Balaban J connectivity index is 0.000000184. The van der Waals surface area contributed by atoms with Gasteiger partial charge in [-0.3, -0.25) is 0 Å². The Morgan fingerprint density at radius 3 is 1.70 bits per heavy atom. The zero-order valence-electron chi connectivity index (χ0n) is 12.2. The minimum Gasteiger partial charge on any atom is -0.462 e. The van der Waals surface area contributed by atoms with Crippen molar-refractivity contribution in [2.75, 3.05) is 20.7 Å². The molecule has 20 heavy (non-hydrogen) atoms. The number of hydrogen-bond donors (Lipinski definition) is 1. The van der Waals surface area contributed by atoms with Crippen LogP contribution in [0.4, 0.5) is 0 Å². The first-order valence-electron chi connectivity index (χ1n) is 6.64. The Bertz CT molecular complexity index is 485. The molecule has 1 aromatic carbocycles. The summed E-state index contributed by atoms with van der Waals surface area (Å²) < 4.78 is 4.79. The Kier molecular flexibility index (Phi) is 7.07. The van der Waals surface area contributed by atoms with Gasteiger partial charge in [-0.15, -0.1) is 0 Å². The first kappa shape index (κ1) is 15.9. The number of hydrogen-bond acceptors (Lipinski definition) is 3. The summed E-state index contributed by atoms with van der Waals surface area (Å²) in [6.07, 6.45) is 0. The van der Waals surface area contributed by atoms with Crippen molar-refractivity contribution in [1.29, 1.82) is 0 Å². The predicted molar refractivity (Wildman–Crippen MR) is 82.8 cm³/mol. The van der Waals surface area contributed by atoms with Crippen LogP contribution in [0.3, 0.4) is 0 Å². The topological polar surface area (TPSA) is 38.3 Å². The largest absolute Gasteiger partial charge is 0.462 e. The van der Waals surface area contributed by atoms with Gasteiger partial charge >= 0.3 is 5.97 Å². The van der Waals surface area contributed by atoms with E-state index in [9.17, 15) is 4.79 Å². The highest BCUT2D eigenvalue weighted by atomic mass is 16.5. The fourth-order valence-electron chi connectivity index (χ4n) is 1.45. The van der Waals surface area contributed by atoms with Crippen molar-refractivity contribution in [3.8, 4) is 11.1 Å². The standard InChI is InChI=1S/C9H10O2.C6H4.C2H7N/c1-2-11-9(10)8-6-4-3-5-7-8;1-2-6-4-3-5(1)6;1-3-2/h3-7H,2H2,1H3;1-4H;3H,1-2H3. The molecule has 0 saturated carbocycles. The van der Waals surface area contributed by atoms with Gasteiger partial charge in [0.05, 0.1) is 12.2 Å². The van der Waals surface area contributed by atoms with Crippen molar-refractivity contribution in [2.24, 2.45) is 0 Å². The van der Waals surface area contributed by atoms with Crippen LogP contribution in [0.1, 0.15) is 17.3 Å². The van der Waals surface area contributed by atoms with Crippen molar-refractivity contribution in [3.05, 3.63) is 60.2 Å². The van der Waals surface area contributed by atoms with Crippen LogP contribution in [0.15, 0.2) is 54.6 Å². The maximum absolute atomic E-state index is 11.0. The molecule has 0 amide bonds. The number of rotatable bonds is 2. The SMILES string of the molecule is CCOC(=O)c1ccccc1.CNC.c1cc2ccc1-2. The van der Waals surface area contributed by atoms with E-state index in [1.54, 1.807) is 19.1 Å². The van der Waals surface area contributed by atoms with E-state index in [0.717, 1.165) is 0 Å². The van der Waals surface area contributed by atoms with Gasteiger partial charge in [0.2, 0.25) is 0 Å². The number of benzene rings is 2. The summed E-state index contributed by atoms with van der Waals surface area (Å²) >= 11 is 0. The molecule has 1 aromatic rings. The number of nitrogens with one attached hydrogen (secondary N) is 1. The summed E-state index contributed by atoms with van der Waals surface area (Å²) in [7, 11) is 3.75. The van der Waals surface area contributed by atoms with Crippen molar-refractivity contribution < 1.29 is 9.53 Å². The lowest BCUT2D eigenvalue weighted by molar-refractivity contribution is 0.0526. The summed E-state index contributed by atoms with van der Waals surface area (Å²) in [4.78, 5) is 11.0. The van der Waals surface area contributed by atoms with Crippen LogP contribution in [-0.2, 0) is 4.74 Å². The highest BCUT2D eigenvalue weighted by Gasteiger charge is 2.04. The number of esters is 1. The minimum absolute atomic E-state index is 0.256. The molecule has 1 N–H and O–H groups in total. The summed E-state index contributed by atoms with van der Waals surface area (Å²) in [6.45, 7) is 2.22. The molecule has 0 aromatic heterocycles. The van der Waals surface area contributed by atoms with Crippen molar-refractivity contribution in [2.45, 2.75) is 6.92 Å². The normalized spacial score (nSPS) is 9.35. The van der Waals surface area contributed by atoms with Gasteiger partial charge in [-0.1, -0.05) is 42.5 Å². The zero-order valence-corrected chi connectivity index (χ0v) is 12.2. The van der Waals surface area contributed by atoms with Gasteiger partial charge in [-0.2, -0.15) is 0 Å². The summed E-state index contributed by atoms with van der Waals surface area (Å²) in [5.41, 5.74) is 3.46. The summed E-state index contributed by atoms with van der Waals surface area (Å²) in [5.74, 6) is -0.256. The number of fused-ring (bicyclic) bond motifs is 1. The van der Waals surface area contributed by atoms with Gasteiger partial charge in [-0.05, 0) is 44.3 Å². The first-order valence-corrected chi connectivity index (χ1v) is 6.64. The fraction of sp³-hybridized carbons (Fsp3) is 0.235. The molecular weight excluding hydrogens is 250 g/mol. The molecule has 2 aliphatic carbocycles. The molecule has 0 spiro atoms. The first-order chi connectivity index (χ1) is 9.72. The van der Waals surface area contributed by atoms with E-state index >= 15 is 0 Å². The molecule has 0 heterocycles. The van der Waals surface area contributed by atoms with Crippen LogP contribution < -0.4 is 5.32 Å². The molecule has 0 saturated heterocycles. The van der Waals surface area contributed by atoms with Crippen LogP contribution in [-0.4, -0.2) is 26.7 Å². The van der Waals surface area contributed by atoms with Crippen LogP contribution in [0.5, 0.6) is 0 Å². The van der Waals surface area contributed by atoms with Crippen LogP contribution >= 0.6 is 0 Å². The quantitative estimate of drug-likeness (QED) is 0.726.